The van der Waals surface area contributed by atoms with E-state index in [2.05, 4.69) is 9.97 Å². The van der Waals surface area contributed by atoms with Gasteiger partial charge in [0.25, 0.3) is 17.2 Å². The number of carbonyl (C=O) groups is 1. The van der Waals surface area contributed by atoms with Crippen LogP contribution in [0.25, 0.3) is 10.9 Å². The smallest absolute Gasteiger partial charge is 0.269 e. The SMILES string of the molecule is CCN(Cc1nc2ccccc2c(=O)[nH]1)C(=O)c1ccc([N+](=O)[O-])cc1. The quantitative estimate of drug-likeness (QED) is 0.560. The van der Waals surface area contributed by atoms with Crippen molar-refractivity contribution in [3.8, 4) is 0 Å². The molecule has 0 fully saturated rings. The fourth-order valence-electron chi connectivity index (χ4n) is 2.63. The molecule has 1 heterocycles. The van der Waals surface area contributed by atoms with Gasteiger partial charge in [-0.05, 0) is 31.2 Å². The van der Waals surface area contributed by atoms with Crippen LogP contribution in [0.3, 0.4) is 0 Å². The molecule has 1 aromatic heterocycles. The van der Waals surface area contributed by atoms with Crippen molar-refractivity contribution in [2.75, 3.05) is 6.54 Å². The lowest BCUT2D eigenvalue weighted by atomic mass is 10.2. The molecule has 0 aliphatic rings. The minimum Gasteiger partial charge on any atom is -0.331 e. The first-order chi connectivity index (χ1) is 12.5. The highest BCUT2D eigenvalue weighted by molar-refractivity contribution is 5.94. The lowest BCUT2D eigenvalue weighted by Gasteiger charge is -2.20. The molecular formula is C18H16N4O4. The number of benzene rings is 2. The molecule has 26 heavy (non-hydrogen) atoms. The van der Waals surface area contributed by atoms with Crippen molar-refractivity contribution in [2.45, 2.75) is 13.5 Å². The molecule has 0 aliphatic heterocycles. The van der Waals surface area contributed by atoms with Gasteiger partial charge in [-0.15, -0.1) is 0 Å². The maximum Gasteiger partial charge on any atom is 0.269 e. The monoisotopic (exact) mass is 352 g/mol. The number of rotatable bonds is 5. The largest absolute Gasteiger partial charge is 0.331 e. The van der Waals surface area contributed by atoms with Crippen LogP contribution in [-0.4, -0.2) is 32.2 Å². The number of nitrogens with zero attached hydrogens (tertiary/aromatic N) is 3. The van der Waals surface area contributed by atoms with E-state index >= 15 is 0 Å². The molecule has 3 rings (SSSR count). The third-order valence-electron chi connectivity index (χ3n) is 4.00. The summed E-state index contributed by atoms with van der Waals surface area (Å²) in [5.74, 6) is 0.0871. The normalized spacial score (nSPS) is 10.7. The van der Waals surface area contributed by atoms with Gasteiger partial charge in [-0.25, -0.2) is 4.98 Å². The zero-order valence-electron chi connectivity index (χ0n) is 14.0. The second-order valence-electron chi connectivity index (χ2n) is 5.65. The number of hydrogen-bond donors (Lipinski definition) is 1. The number of nitrogens with one attached hydrogen (secondary N) is 1. The van der Waals surface area contributed by atoms with Crippen LogP contribution in [-0.2, 0) is 6.54 Å². The molecular weight excluding hydrogens is 336 g/mol. The second-order valence-corrected chi connectivity index (χ2v) is 5.65. The molecule has 0 aliphatic carbocycles. The molecule has 0 atom stereocenters. The Hall–Kier alpha value is -3.55. The van der Waals surface area contributed by atoms with E-state index in [9.17, 15) is 19.7 Å². The van der Waals surface area contributed by atoms with Crippen LogP contribution in [0, 0.1) is 10.1 Å². The molecule has 0 bridgehead atoms. The number of para-hydroxylation sites is 1. The number of nitro groups is 1. The van der Waals surface area contributed by atoms with E-state index in [1.54, 1.807) is 24.3 Å². The molecule has 3 aromatic rings. The second kappa shape index (κ2) is 7.14. The van der Waals surface area contributed by atoms with Crippen LogP contribution in [0.5, 0.6) is 0 Å². The number of amides is 1. The van der Waals surface area contributed by atoms with Gasteiger partial charge < -0.3 is 9.88 Å². The highest BCUT2D eigenvalue weighted by Gasteiger charge is 2.17. The molecule has 1 N–H and O–H groups in total. The first-order valence-electron chi connectivity index (χ1n) is 8.01. The summed E-state index contributed by atoms with van der Waals surface area (Å²) in [6, 6.07) is 12.4. The van der Waals surface area contributed by atoms with Gasteiger partial charge in [0.15, 0.2) is 0 Å². The zero-order chi connectivity index (χ0) is 18.7. The summed E-state index contributed by atoms with van der Waals surface area (Å²) < 4.78 is 0. The lowest BCUT2D eigenvalue weighted by Crippen LogP contribution is -2.31. The number of carbonyl (C=O) groups excluding carboxylic acids is 1. The molecule has 2 aromatic carbocycles. The van der Waals surface area contributed by atoms with Gasteiger partial charge in [0.05, 0.1) is 22.4 Å². The molecule has 132 valence electrons. The maximum atomic E-state index is 12.6. The number of aromatic nitrogens is 2. The van der Waals surface area contributed by atoms with Crippen LogP contribution in [0.4, 0.5) is 5.69 Å². The summed E-state index contributed by atoms with van der Waals surface area (Å²) in [6.07, 6.45) is 0. The van der Waals surface area contributed by atoms with E-state index < -0.39 is 4.92 Å². The molecule has 1 amide bonds. The highest BCUT2D eigenvalue weighted by Crippen LogP contribution is 2.15. The average molecular weight is 352 g/mol. The van der Waals surface area contributed by atoms with Crippen LogP contribution in [0.2, 0.25) is 0 Å². The van der Waals surface area contributed by atoms with E-state index in [0.29, 0.717) is 28.8 Å². The van der Waals surface area contributed by atoms with Crippen LogP contribution in [0.15, 0.2) is 53.3 Å². The van der Waals surface area contributed by atoms with Crippen molar-refractivity contribution >= 4 is 22.5 Å². The Balaban J connectivity index is 1.86. The van der Waals surface area contributed by atoms with Crippen molar-refractivity contribution in [3.63, 3.8) is 0 Å². The van der Waals surface area contributed by atoms with Gasteiger partial charge in [0.2, 0.25) is 0 Å². The fourth-order valence-corrected chi connectivity index (χ4v) is 2.63. The van der Waals surface area contributed by atoms with Crippen molar-refractivity contribution in [3.05, 3.63) is 80.4 Å². The standard InChI is InChI=1S/C18H16N4O4/c1-2-21(18(24)12-7-9-13(10-8-12)22(25)26)11-16-19-15-6-4-3-5-14(15)17(23)20-16/h3-10H,2,11H2,1H3,(H,19,20,23). The Morgan fingerprint density at radius 3 is 2.54 bits per heavy atom. The summed E-state index contributed by atoms with van der Waals surface area (Å²) in [6.45, 7) is 2.33. The van der Waals surface area contributed by atoms with Crippen molar-refractivity contribution < 1.29 is 9.72 Å². The minimum atomic E-state index is -0.518. The number of nitro benzene ring substituents is 1. The van der Waals surface area contributed by atoms with Gasteiger partial charge in [0, 0.05) is 24.2 Å². The van der Waals surface area contributed by atoms with Crippen molar-refractivity contribution in [1.82, 2.24) is 14.9 Å². The topological polar surface area (TPSA) is 109 Å². The summed E-state index contributed by atoms with van der Waals surface area (Å²) in [5.41, 5.74) is 0.556. The van der Waals surface area contributed by atoms with Gasteiger partial charge in [-0.1, -0.05) is 12.1 Å². The molecule has 0 radical (unpaired) electrons. The van der Waals surface area contributed by atoms with Gasteiger partial charge in [0.1, 0.15) is 5.82 Å². The Bertz CT molecular complexity index is 1030. The Morgan fingerprint density at radius 1 is 1.19 bits per heavy atom. The first-order valence-corrected chi connectivity index (χ1v) is 8.01. The molecule has 8 nitrogen and oxygen atoms in total. The summed E-state index contributed by atoms with van der Waals surface area (Å²) in [5, 5.41) is 11.2. The van der Waals surface area contributed by atoms with Crippen molar-refractivity contribution in [2.24, 2.45) is 0 Å². The molecule has 8 heteroatoms. The van der Waals surface area contributed by atoms with Crippen LogP contribution >= 0.6 is 0 Å². The van der Waals surface area contributed by atoms with Crippen LogP contribution in [0.1, 0.15) is 23.1 Å². The third kappa shape index (κ3) is 3.44. The summed E-state index contributed by atoms with van der Waals surface area (Å²) in [7, 11) is 0. The molecule has 0 saturated heterocycles. The minimum absolute atomic E-state index is 0.0786. The molecule has 0 saturated carbocycles. The highest BCUT2D eigenvalue weighted by atomic mass is 16.6. The van der Waals surface area contributed by atoms with E-state index in [1.165, 1.54) is 29.2 Å². The van der Waals surface area contributed by atoms with Gasteiger partial charge >= 0.3 is 0 Å². The number of fused-ring (bicyclic) bond motifs is 1. The average Bonchev–Trinajstić information content (AvgIpc) is 2.65. The van der Waals surface area contributed by atoms with Crippen molar-refractivity contribution in [1.29, 1.82) is 0 Å². The molecule has 0 spiro atoms. The number of non-ortho nitro benzene ring substituents is 1. The summed E-state index contributed by atoms with van der Waals surface area (Å²) >= 11 is 0. The van der Waals surface area contributed by atoms with E-state index in [4.69, 9.17) is 0 Å². The Kier molecular flexibility index (Phi) is 4.74. The lowest BCUT2D eigenvalue weighted by molar-refractivity contribution is -0.384. The van der Waals surface area contributed by atoms with E-state index in [-0.39, 0.29) is 23.7 Å². The maximum absolute atomic E-state index is 12.6. The van der Waals surface area contributed by atoms with Gasteiger partial charge in [-0.2, -0.15) is 0 Å². The number of aromatic amines is 1. The fraction of sp³-hybridized carbons (Fsp3) is 0.167. The predicted molar refractivity (Wildman–Crippen MR) is 95.9 cm³/mol. The van der Waals surface area contributed by atoms with E-state index in [1.807, 2.05) is 6.92 Å². The number of H-pyrrole nitrogens is 1. The summed E-state index contributed by atoms with van der Waals surface area (Å²) in [4.78, 5) is 43.6. The Morgan fingerprint density at radius 2 is 1.88 bits per heavy atom. The Labute approximate surface area is 148 Å². The van der Waals surface area contributed by atoms with E-state index in [0.717, 1.165) is 0 Å². The van der Waals surface area contributed by atoms with Gasteiger partial charge in [-0.3, -0.25) is 19.7 Å². The number of hydrogen-bond acceptors (Lipinski definition) is 5. The zero-order valence-corrected chi connectivity index (χ0v) is 14.0. The van der Waals surface area contributed by atoms with Crippen LogP contribution < -0.4 is 5.56 Å². The predicted octanol–water partition coefficient (Wildman–Crippen LogP) is 2.49. The molecule has 0 unspecified atom stereocenters. The first kappa shape index (κ1) is 17.3. The third-order valence-corrected chi connectivity index (χ3v) is 4.00.